The molecule has 0 radical (unpaired) electrons. The van der Waals surface area contributed by atoms with Gasteiger partial charge in [-0.1, -0.05) is 6.42 Å². The van der Waals surface area contributed by atoms with Gasteiger partial charge in [-0.05, 0) is 45.1 Å². The maximum atomic E-state index is 12.1. The Balaban J connectivity index is 1.83. The summed E-state index contributed by atoms with van der Waals surface area (Å²) in [5.41, 5.74) is 0. The van der Waals surface area contributed by atoms with Gasteiger partial charge in [0, 0.05) is 13.1 Å². The normalized spacial score (nSPS) is 26.3. The molecule has 1 aliphatic heterocycles. The fourth-order valence-electron chi connectivity index (χ4n) is 2.48. The van der Waals surface area contributed by atoms with Crippen LogP contribution in [0.3, 0.4) is 0 Å². The summed E-state index contributed by atoms with van der Waals surface area (Å²) in [6.07, 6.45) is 6.18. The fraction of sp³-hybridized carbons (Fsp3) is 0.917. The van der Waals surface area contributed by atoms with Gasteiger partial charge in [0.05, 0.1) is 6.04 Å². The minimum atomic E-state index is 0.116. The maximum absolute atomic E-state index is 12.1. The van der Waals surface area contributed by atoms with E-state index in [1.165, 1.54) is 19.3 Å². The summed E-state index contributed by atoms with van der Waals surface area (Å²) < 4.78 is 0. The zero-order chi connectivity index (χ0) is 10.7. The van der Waals surface area contributed by atoms with Crippen molar-refractivity contribution in [1.82, 2.24) is 10.2 Å². The number of hydrogen-bond acceptors (Lipinski definition) is 2. The molecule has 2 rings (SSSR count). The Hall–Kier alpha value is -0.570. The van der Waals surface area contributed by atoms with E-state index in [0.717, 1.165) is 38.4 Å². The third-order valence-corrected chi connectivity index (χ3v) is 3.76. The highest BCUT2D eigenvalue weighted by atomic mass is 16.2. The zero-order valence-corrected chi connectivity index (χ0v) is 9.67. The number of carbonyl (C=O) groups is 1. The van der Waals surface area contributed by atoms with Crippen molar-refractivity contribution < 1.29 is 4.79 Å². The first kappa shape index (κ1) is 10.9. The van der Waals surface area contributed by atoms with E-state index in [0.29, 0.717) is 5.91 Å². The second-order valence-electron chi connectivity index (χ2n) is 4.82. The Labute approximate surface area is 92.2 Å². The Kier molecular flexibility index (Phi) is 3.62. The van der Waals surface area contributed by atoms with Crippen molar-refractivity contribution in [3.8, 4) is 0 Å². The number of rotatable bonds is 4. The number of likely N-dealkylation sites (N-methyl/N-ethyl adjacent to an activating group) is 1. The van der Waals surface area contributed by atoms with E-state index in [1.807, 2.05) is 4.90 Å². The van der Waals surface area contributed by atoms with Crippen LogP contribution in [-0.4, -0.2) is 36.5 Å². The molecule has 1 aliphatic carbocycles. The van der Waals surface area contributed by atoms with Crippen LogP contribution in [-0.2, 0) is 4.79 Å². The Morgan fingerprint density at radius 1 is 1.33 bits per heavy atom. The summed E-state index contributed by atoms with van der Waals surface area (Å²) in [6.45, 7) is 4.96. The molecule has 1 saturated carbocycles. The molecule has 1 N–H and O–H groups in total. The van der Waals surface area contributed by atoms with Gasteiger partial charge in [0.2, 0.25) is 5.91 Å². The van der Waals surface area contributed by atoms with Crippen LogP contribution in [0, 0.1) is 5.92 Å². The molecule has 2 fully saturated rings. The predicted octanol–water partition coefficient (Wildman–Crippen LogP) is 1.39. The fourth-order valence-corrected chi connectivity index (χ4v) is 2.48. The smallest absolute Gasteiger partial charge is 0.239 e. The van der Waals surface area contributed by atoms with Crippen LogP contribution in [0.25, 0.3) is 0 Å². The van der Waals surface area contributed by atoms with Gasteiger partial charge >= 0.3 is 0 Å². The molecular weight excluding hydrogens is 188 g/mol. The molecule has 0 spiro atoms. The molecule has 86 valence electrons. The molecule has 0 bridgehead atoms. The first-order valence-corrected chi connectivity index (χ1v) is 6.33. The number of nitrogens with zero attached hydrogens (tertiary/aromatic N) is 1. The van der Waals surface area contributed by atoms with E-state index >= 15 is 0 Å². The zero-order valence-electron chi connectivity index (χ0n) is 9.67. The molecule has 0 unspecified atom stereocenters. The number of amides is 1. The van der Waals surface area contributed by atoms with Crippen molar-refractivity contribution in [1.29, 1.82) is 0 Å². The topological polar surface area (TPSA) is 32.3 Å². The first-order chi connectivity index (χ1) is 7.31. The second-order valence-corrected chi connectivity index (χ2v) is 4.82. The molecule has 15 heavy (non-hydrogen) atoms. The van der Waals surface area contributed by atoms with Crippen molar-refractivity contribution in [3.63, 3.8) is 0 Å². The third-order valence-electron chi connectivity index (χ3n) is 3.76. The largest absolute Gasteiger partial charge is 0.341 e. The predicted molar refractivity (Wildman–Crippen MR) is 60.6 cm³/mol. The van der Waals surface area contributed by atoms with Crippen LogP contribution in [0.15, 0.2) is 0 Å². The molecular formula is C12H22N2O. The van der Waals surface area contributed by atoms with Gasteiger partial charge in [0.1, 0.15) is 0 Å². The monoisotopic (exact) mass is 210 g/mol. The number of carbonyl (C=O) groups excluding carboxylic acids is 1. The van der Waals surface area contributed by atoms with Crippen molar-refractivity contribution in [2.45, 2.75) is 45.1 Å². The Morgan fingerprint density at radius 3 is 2.60 bits per heavy atom. The van der Waals surface area contributed by atoms with Gasteiger partial charge in [0.25, 0.3) is 0 Å². The average molecular weight is 210 g/mol. The average Bonchev–Trinajstić information content (AvgIpc) is 2.68. The quantitative estimate of drug-likeness (QED) is 0.760. The minimum absolute atomic E-state index is 0.116. The molecule has 3 heteroatoms. The second kappa shape index (κ2) is 4.97. The van der Waals surface area contributed by atoms with E-state index < -0.39 is 0 Å². The van der Waals surface area contributed by atoms with E-state index in [-0.39, 0.29) is 6.04 Å². The van der Waals surface area contributed by atoms with Crippen LogP contribution in [0.1, 0.15) is 39.0 Å². The lowest BCUT2D eigenvalue weighted by molar-refractivity contribution is -0.133. The summed E-state index contributed by atoms with van der Waals surface area (Å²) >= 11 is 0. The van der Waals surface area contributed by atoms with Crippen LogP contribution >= 0.6 is 0 Å². The molecule has 0 aromatic carbocycles. The molecule has 2 aliphatic rings. The lowest BCUT2D eigenvalue weighted by Crippen LogP contribution is -2.46. The summed E-state index contributed by atoms with van der Waals surface area (Å²) in [7, 11) is 0. The van der Waals surface area contributed by atoms with Crippen LogP contribution in [0.4, 0.5) is 0 Å². The van der Waals surface area contributed by atoms with E-state index in [2.05, 4.69) is 12.2 Å². The summed E-state index contributed by atoms with van der Waals surface area (Å²) in [4.78, 5) is 14.2. The standard InChI is InChI=1S/C12H22N2O/c1-2-14(9-10-5-3-6-10)12(15)11-7-4-8-13-11/h10-11,13H,2-9H2,1H3/t11-/m1/s1. The van der Waals surface area contributed by atoms with E-state index in [4.69, 9.17) is 0 Å². The van der Waals surface area contributed by atoms with Crippen molar-refractivity contribution in [2.24, 2.45) is 5.92 Å². The minimum Gasteiger partial charge on any atom is -0.341 e. The Bertz CT molecular complexity index is 220. The molecule has 1 heterocycles. The van der Waals surface area contributed by atoms with Crippen molar-refractivity contribution >= 4 is 5.91 Å². The summed E-state index contributed by atoms with van der Waals surface area (Å²) in [5, 5.41) is 3.29. The molecule has 0 aromatic heterocycles. The first-order valence-electron chi connectivity index (χ1n) is 6.33. The summed E-state index contributed by atoms with van der Waals surface area (Å²) in [5.74, 6) is 1.12. The van der Waals surface area contributed by atoms with E-state index in [1.54, 1.807) is 0 Å². The Morgan fingerprint density at radius 2 is 2.13 bits per heavy atom. The maximum Gasteiger partial charge on any atom is 0.239 e. The molecule has 3 nitrogen and oxygen atoms in total. The van der Waals surface area contributed by atoms with Crippen molar-refractivity contribution in [3.05, 3.63) is 0 Å². The van der Waals surface area contributed by atoms with Crippen LogP contribution in [0.2, 0.25) is 0 Å². The van der Waals surface area contributed by atoms with E-state index in [9.17, 15) is 4.79 Å². The highest BCUT2D eigenvalue weighted by Gasteiger charge is 2.28. The SMILES string of the molecule is CCN(CC1CCC1)C(=O)[C@H]1CCCN1. The molecule has 1 saturated heterocycles. The third kappa shape index (κ3) is 2.51. The molecule has 0 aromatic rings. The number of hydrogen-bond donors (Lipinski definition) is 1. The van der Waals surface area contributed by atoms with Crippen LogP contribution in [0.5, 0.6) is 0 Å². The van der Waals surface area contributed by atoms with Gasteiger partial charge in [-0.3, -0.25) is 4.79 Å². The van der Waals surface area contributed by atoms with Gasteiger partial charge in [-0.2, -0.15) is 0 Å². The highest BCUT2D eigenvalue weighted by Crippen LogP contribution is 2.27. The van der Waals surface area contributed by atoms with Crippen LogP contribution < -0.4 is 5.32 Å². The van der Waals surface area contributed by atoms with Gasteiger partial charge in [0.15, 0.2) is 0 Å². The van der Waals surface area contributed by atoms with Crippen molar-refractivity contribution in [2.75, 3.05) is 19.6 Å². The highest BCUT2D eigenvalue weighted by molar-refractivity contribution is 5.82. The lowest BCUT2D eigenvalue weighted by atomic mass is 9.85. The summed E-state index contributed by atoms with van der Waals surface area (Å²) in [6, 6.07) is 0.116. The number of nitrogens with one attached hydrogen (secondary N) is 1. The molecule has 1 amide bonds. The van der Waals surface area contributed by atoms with Gasteiger partial charge in [-0.25, -0.2) is 0 Å². The van der Waals surface area contributed by atoms with Gasteiger partial charge < -0.3 is 10.2 Å². The van der Waals surface area contributed by atoms with Gasteiger partial charge in [-0.15, -0.1) is 0 Å². The lowest BCUT2D eigenvalue weighted by Gasteiger charge is -2.33. The molecule has 1 atom stereocenters.